The van der Waals surface area contributed by atoms with Gasteiger partial charge in [-0.2, -0.15) is 0 Å². The van der Waals surface area contributed by atoms with Crippen LogP contribution >= 0.6 is 0 Å². The van der Waals surface area contributed by atoms with Crippen LogP contribution in [0, 0.1) is 0 Å². The fourth-order valence-corrected chi connectivity index (χ4v) is 2.50. The molecule has 18 heavy (non-hydrogen) atoms. The monoisotopic (exact) mass is 250 g/mol. The second-order valence-electron chi connectivity index (χ2n) is 4.59. The first-order valence-electron chi connectivity index (χ1n) is 6.54. The molecule has 1 aromatic carbocycles. The zero-order valence-corrected chi connectivity index (χ0v) is 10.9. The van der Waals surface area contributed by atoms with E-state index in [1.165, 1.54) is 5.56 Å². The first-order valence-corrected chi connectivity index (χ1v) is 6.54. The number of hydrogen-bond donors (Lipinski definition) is 2. The van der Waals surface area contributed by atoms with E-state index >= 15 is 0 Å². The maximum absolute atomic E-state index is 9.26. The highest BCUT2D eigenvalue weighted by atomic mass is 16.5. The Morgan fingerprint density at radius 3 is 2.50 bits per heavy atom. The summed E-state index contributed by atoms with van der Waals surface area (Å²) in [6, 6.07) is 8.48. The van der Waals surface area contributed by atoms with Gasteiger partial charge in [0.1, 0.15) is 5.75 Å². The van der Waals surface area contributed by atoms with E-state index in [-0.39, 0.29) is 6.61 Å². The molecule has 1 aliphatic rings. The fourth-order valence-electron chi connectivity index (χ4n) is 2.50. The Hall–Kier alpha value is -1.10. The Balaban J connectivity index is 2.11. The van der Waals surface area contributed by atoms with E-state index in [1.54, 1.807) is 7.11 Å². The molecule has 0 amide bonds. The molecular weight excluding hydrogens is 228 g/mol. The molecule has 0 spiro atoms. The van der Waals surface area contributed by atoms with E-state index in [0.717, 1.165) is 38.3 Å². The highest BCUT2D eigenvalue weighted by Crippen LogP contribution is 2.26. The van der Waals surface area contributed by atoms with E-state index in [4.69, 9.17) is 4.74 Å². The number of hydrogen-bond acceptors (Lipinski definition) is 4. The average Bonchev–Trinajstić information content (AvgIpc) is 2.46. The molecule has 1 aromatic rings. The normalized spacial score (nSPS) is 18.6. The van der Waals surface area contributed by atoms with E-state index in [0.29, 0.717) is 6.04 Å². The summed E-state index contributed by atoms with van der Waals surface area (Å²) in [5, 5.41) is 12.6. The van der Waals surface area contributed by atoms with Gasteiger partial charge in [0.15, 0.2) is 0 Å². The summed E-state index contributed by atoms with van der Waals surface area (Å²) in [4.78, 5) is 2.44. The van der Waals surface area contributed by atoms with Gasteiger partial charge < -0.3 is 15.2 Å². The fraction of sp³-hybridized carbons (Fsp3) is 0.571. The van der Waals surface area contributed by atoms with Gasteiger partial charge in [-0.15, -0.1) is 0 Å². The molecule has 1 atom stereocenters. The van der Waals surface area contributed by atoms with Gasteiger partial charge in [0.2, 0.25) is 0 Å². The number of benzene rings is 1. The van der Waals surface area contributed by atoms with Crippen LogP contribution in [-0.4, -0.2) is 49.9 Å². The molecule has 4 nitrogen and oxygen atoms in total. The lowest BCUT2D eigenvalue weighted by atomic mass is 10.0. The Labute approximate surface area is 109 Å². The van der Waals surface area contributed by atoms with Crippen LogP contribution in [0.15, 0.2) is 24.3 Å². The molecular formula is C14H22N2O2. The van der Waals surface area contributed by atoms with Gasteiger partial charge in [0.05, 0.1) is 7.11 Å². The molecule has 100 valence electrons. The average molecular weight is 250 g/mol. The molecule has 2 rings (SSSR count). The Kier molecular flexibility index (Phi) is 4.99. The molecule has 0 unspecified atom stereocenters. The standard InChI is InChI=1S/C14H22N2O2/c1-18-13-4-2-12(3-5-13)14(6-11-17)16-9-7-15-8-10-16/h2-5,14-15,17H,6-11H2,1H3/t14-/m1/s1. The van der Waals surface area contributed by atoms with Crippen molar-refractivity contribution < 1.29 is 9.84 Å². The molecule has 1 heterocycles. The summed E-state index contributed by atoms with van der Waals surface area (Å²) in [6.45, 7) is 4.35. The van der Waals surface area contributed by atoms with E-state index in [9.17, 15) is 5.11 Å². The SMILES string of the molecule is COc1ccc([C@@H](CCO)N2CCNCC2)cc1. The number of piperazine rings is 1. The number of aliphatic hydroxyl groups is 1. The number of aliphatic hydroxyl groups excluding tert-OH is 1. The topological polar surface area (TPSA) is 44.7 Å². The molecule has 0 aliphatic carbocycles. The van der Waals surface area contributed by atoms with Crippen molar-refractivity contribution in [2.24, 2.45) is 0 Å². The number of nitrogens with one attached hydrogen (secondary N) is 1. The van der Waals surface area contributed by atoms with Gasteiger partial charge in [-0.3, -0.25) is 4.90 Å². The van der Waals surface area contributed by atoms with E-state index < -0.39 is 0 Å². The predicted molar refractivity (Wildman–Crippen MR) is 71.9 cm³/mol. The van der Waals surface area contributed by atoms with Crippen molar-refractivity contribution in [3.05, 3.63) is 29.8 Å². The smallest absolute Gasteiger partial charge is 0.118 e. The van der Waals surface area contributed by atoms with Gasteiger partial charge in [-0.1, -0.05) is 12.1 Å². The first-order chi connectivity index (χ1) is 8.85. The van der Waals surface area contributed by atoms with Gasteiger partial charge in [-0.25, -0.2) is 0 Å². The maximum atomic E-state index is 9.26. The first kappa shape index (κ1) is 13.3. The molecule has 0 radical (unpaired) electrons. The third kappa shape index (κ3) is 3.22. The van der Waals surface area contributed by atoms with Gasteiger partial charge in [0, 0.05) is 38.8 Å². The number of ether oxygens (including phenoxy) is 1. The molecule has 1 aliphatic heterocycles. The van der Waals surface area contributed by atoms with Crippen LogP contribution in [-0.2, 0) is 0 Å². The summed E-state index contributed by atoms with van der Waals surface area (Å²) >= 11 is 0. The summed E-state index contributed by atoms with van der Waals surface area (Å²) in [5.41, 5.74) is 1.26. The van der Waals surface area contributed by atoms with E-state index in [1.807, 2.05) is 12.1 Å². The summed E-state index contributed by atoms with van der Waals surface area (Å²) < 4.78 is 5.18. The minimum atomic E-state index is 0.223. The van der Waals surface area contributed by atoms with Crippen LogP contribution in [0.5, 0.6) is 5.75 Å². The molecule has 2 N–H and O–H groups in total. The van der Waals surface area contributed by atoms with Gasteiger partial charge >= 0.3 is 0 Å². The molecule has 0 bridgehead atoms. The van der Waals surface area contributed by atoms with Crippen molar-refractivity contribution in [1.82, 2.24) is 10.2 Å². The van der Waals surface area contributed by atoms with Crippen molar-refractivity contribution in [2.45, 2.75) is 12.5 Å². The van der Waals surface area contributed by atoms with Crippen molar-refractivity contribution in [2.75, 3.05) is 39.9 Å². The van der Waals surface area contributed by atoms with Crippen LogP contribution in [0.1, 0.15) is 18.0 Å². The molecule has 1 saturated heterocycles. The zero-order valence-electron chi connectivity index (χ0n) is 10.9. The molecule has 1 fully saturated rings. The third-order valence-corrected chi connectivity index (χ3v) is 3.50. The van der Waals surface area contributed by atoms with Crippen LogP contribution in [0.4, 0.5) is 0 Å². The second kappa shape index (κ2) is 6.73. The van der Waals surface area contributed by atoms with Crippen LogP contribution in [0.2, 0.25) is 0 Å². The lowest BCUT2D eigenvalue weighted by molar-refractivity contribution is 0.141. The highest BCUT2D eigenvalue weighted by Gasteiger charge is 2.21. The molecule has 0 saturated carbocycles. The van der Waals surface area contributed by atoms with Gasteiger partial charge in [-0.05, 0) is 24.1 Å². The Morgan fingerprint density at radius 1 is 1.28 bits per heavy atom. The summed E-state index contributed by atoms with van der Waals surface area (Å²) in [6.07, 6.45) is 0.784. The van der Waals surface area contributed by atoms with Crippen LogP contribution < -0.4 is 10.1 Å². The van der Waals surface area contributed by atoms with E-state index in [2.05, 4.69) is 22.3 Å². The highest BCUT2D eigenvalue weighted by molar-refractivity contribution is 5.29. The van der Waals surface area contributed by atoms with Crippen molar-refractivity contribution >= 4 is 0 Å². The molecule has 4 heteroatoms. The van der Waals surface area contributed by atoms with Crippen LogP contribution in [0.25, 0.3) is 0 Å². The Morgan fingerprint density at radius 2 is 1.94 bits per heavy atom. The number of nitrogens with zero attached hydrogens (tertiary/aromatic N) is 1. The van der Waals surface area contributed by atoms with Crippen molar-refractivity contribution in [3.63, 3.8) is 0 Å². The predicted octanol–water partition coefficient (Wildman–Crippen LogP) is 1.02. The minimum Gasteiger partial charge on any atom is -0.497 e. The van der Waals surface area contributed by atoms with Crippen LogP contribution in [0.3, 0.4) is 0 Å². The quantitative estimate of drug-likeness (QED) is 0.819. The maximum Gasteiger partial charge on any atom is 0.118 e. The third-order valence-electron chi connectivity index (χ3n) is 3.50. The zero-order chi connectivity index (χ0) is 12.8. The second-order valence-corrected chi connectivity index (χ2v) is 4.59. The summed E-state index contributed by atoms with van der Waals surface area (Å²) in [7, 11) is 1.68. The lowest BCUT2D eigenvalue weighted by Crippen LogP contribution is -2.45. The van der Waals surface area contributed by atoms with Crippen molar-refractivity contribution in [1.29, 1.82) is 0 Å². The number of rotatable bonds is 5. The minimum absolute atomic E-state index is 0.223. The largest absolute Gasteiger partial charge is 0.497 e. The van der Waals surface area contributed by atoms with Gasteiger partial charge in [0.25, 0.3) is 0 Å². The lowest BCUT2D eigenvalue weighted by Gasteiger charge is -2.35. The van der Waals surface area contributed by atoms with Crippen molar-refractivity contribution in [3.8, 4) is 5.75 Å². The Bertz CT molecular complexity index is 347. The summed E-state index contributed by atoms with van der Waals surface area (Å²) in [5.74, 6) is 0.877. The number of methoxy groups -OCH3 is 1. The molecule has 0 aromatic heterocycles.